The predicted octanol–water partition coefficient (Wildman–Crippen LogP) is 4.92. The number of nitrogens with zero attached hydrogens (tertiary/aromatic N) is 1. The van der Waals surface area contributed by atoms with E-state index in [2.05, 4.69) is 59.0 Å². The molecule has 2 heteroatoms. The van der Waals surface area contributed by atoms with Gasteiger partial charge in [0.1, 0.15) is 0 Å². The summed E-state index contributed by atoms with van der Waals surface area (Å²) in [6.07, 6.45) is 0. The van der Waals surface area contributed by atoms with Crippen molar-refractivity contribution in [3.8, 4) is 11.3 Å². The number of benzene rings is 3. The SMILES string of the molecule is [c]1cc(-c2nsc3ccccc23)cc2ccccc12. The molecule has 3 aromatic carbocycles. The van der Waals surface area contributed by atoms with Gasteiger partial charge in [0.2, 0.25) is 0 Å². The zero-order chi connectivity index (χ0) is 12.7. The van der Waals surface area contributed by atoms with E-state index in [9.17, 15) is 0 Å². The second-order valence-electron chi connectivity index (χ2n) is 4.50. The normalized spacial score (nSPS) is 11.2. The van der Waals surface area contributed by atoms with Crippen LogP contribution in [0.4, 0.5) is 0 Å². The van der Waals surface area contributed by atoms with E-state index < -0.39 is 0 Å². The lowest BCUT2D eigenvalue weighted by molar-refractivity contribution is 1.55. The Kier molecular flexibility index (Phi) is 2.35. The third kappa shape index (κ3) is 1.72. The molecular formula is C17H10NS. The number of hydrogen-bond acceptors (Lipinski definition) is 2. The van der Waals surface area contributed by atoms with Crippen LogP contribution in [0.15, 0.2) is 60.7 Å². The molecule has 0 saturated heterocycles. The highest BCUT2D eigenvalue weighted by Crippen LogP contribution is 2.31. The van der Waals surface area contributed by atoms with Crippen LogP contribution in [0.25, 0.3) is 32.1 Å². The average Bonchev–Trinajstić information content (AvgIpc) is 2.91. The maximum Gasteiger partial charge on any atom is 0.0919 e. The zero-order valence-electron chi connectivity index (χ0n) is 10.1. The molecule has 4 aromatic rings. The van der Waals surface area contributed by atoms with Crippen LogP contribution in [0.2, 0.25) is 0 Å². The summed E-state index contributed by atoms with van der Waals surface area (Å²) in [7, 11) is 0. The van der Waals surface area contributed by atoms with Gasteiger partial charge in [-0.15, -0.1) is 0 Å². The number of aromatic nitrogens is 1. The summed E-state index contributed by atoms with van der Waals surface area (Å²) in [4.78, 5) is 0. The van der Waals surface area contributed by atoms with E-state index in [1.54, 1.807) is 11.5 Å². The van der Waals surface area contributed by atoms with Crippen LogP contribution in [-0.4, -0.2) is 4.37 Å². The summed E-state index contributed by atoms with van der Waals surface area (Å²) in [6.45, 7) is 0. The smallest absolute Gasteiger partial charge is 0.0919 e. The Bertz CT molecular complexity index is 876. The molecule has 0 aliphatic rings. The van der Waals surface area contributed by atoms with Crippen molar-refractivity contribution in [3.05, 3.63) is 66.7 Å². The van der Waals surface area contributed by atoms with Crippen LogP contribution < -0.4 is 0 Å². The van der Waals surface area contributed by atoms with Gasteiger partial charge in [-0.1, -0.05) is 42.5 Å². The highest BCUT2D eigenvalue weighted by molar-refractivity contribution is 7.13. The minimum Gasteiger partial charge on any atom is -0.191 e. The van der Waals surface area contributed by atoms with Crippen LogP contribution in [-0.2, 0) is 0 Å². The molecule has 4 rings (SSSR count). The molecule has 0 saturated carbocycles. The van der Waals surface area contributed by atoms with Crippen molar-refractivity contribution < 1.29 is 0 Å². The van der Waals surface area contributed by atoms with Gasteiger partial charge in [0.15, 0.2) is 0 Å². The van der Waals surface area contributed by atoms with Crippen LogP contribution in [0.5, 0.6) is 0 Å². The quantitative estimate of drug-likeness (QED) is 0.473. The fourth-order valence-electron chi connectivity index (χ4n) is 2.35. The van der Waals surface area contributed by atoms with Crippen molar-refractivity contribution in [1.82, 2.24) is 4.37 Å². The first kappa shape index (κ1) is 10.7. The molecule has 0 N–H and O–H groups in total. The van der Waals surface area contributed by atoms with Crippen LogP contribution in [0, 0.1) is 6.07 Å². The van der Waals surface area contributed by atoms with Crippen LogP contribution >= 0.6 is 11.5 Å². The Morgan fingerprint density at radius 2 is 1.79 bits per heavy atom. The van der Waals surface area contributed by atoms with Gasteiger partial charge in [0.25, 0.3) is 0 Å². The zero-order valence-corrected chi connectivity index (χ0v) is 10.9. The summed E-state index contributed by atoms with van der Waals surface area (Å²) < 4.78 is 5.82. The topological polar surface area (TPSA) is 12.9 Å². The molecule has 1 radical (unpaired) electrons. The lowest BCUT2D eigenvalue weighted by Gasteiger charge is -2.01. The van der Waals surface area contributed by atoms with E-state index in [0.29, 0.717) is 0 Å². The highest BCUT2D eigenvalue weighted by Gasteiger charge is 2.08. The second-order valence-corrected chi connectivity index (χ2v) is 5.31. The fourth-order valence-corrected chi connectivity index (χ4v) is 3.15. The molecule has 1 aromatic heterocycles. The van der Waals surface area contributed by atoms with Crippen molar-refractivity contribution in [2.45, 2.75) is 0 Å². The van der Waals surface area contributed by atoms with Crippen molar-refractivity contribution in [3.63, 3.8) is 0 Å². The first-order valence-corrected chi connectivity index (χ1v) is 6.94. The standard InChI is InChI=1S/C17H10NS/c1-2-6-13-11-14(10-9-12(13)5-1)17-15-7-3-4-8-16(15)19-18-17/h1-8,10-11H. The molecule has 1 heterocycles. The molecule has 89 valence electrons. The molecule has 0 aliphatic carbocycles. The fraction of sp³-hybridized carbons (Fsp3) is 0. The molecule has 0 bridgehead atoms. The van der Waals surface area contributed by atoms with Crippen molar-refractivity contribution in [1.29, 1.82) is 0 Å². The van der Waals surface area contributed by atoms with Gasteiger partial charge in [-0.25, -0.2) is 0 Å². The van der Waals surface area contributed by atoms with Gasteiger partial charge in [-0.2, -0.15) is 4.37 Å². The average molecular weight is 260 g/mol. The monoisotopic (exact) mass is 260 g/mol. The van der Waals surface area contributed by atoms with Crippen molar-refractivity contribution >= 4 is 32.4 Å². The summed E-state index contributed by atoms with van der Waals surface area (Å²) in [5.41, 5.74) is 2.19. The number of rotatable bonds is 1. The van der Waals surface area contributed by atoms with E-state index in [4.69, 9.17) is 0 Å². The Morgan fingerprint density at radius 1 is 0.947 bits per heavy atom. The number of hydrogen-bond donors (Lipinski definition) is 0. The molecule has 0 aliphatic heterocycles. The third-order valence-electron chi connectivity index (χ3n) is 3.31. The van der Waals surface area contributed by atoms with E-state index >= 15 is 0 Å². The van der Waals surface area contributed by atoms with E-state index in [0.717, 1.165) is 16.6 Å². The Hall–Kier alpha value is -2.19. The summed E-state index contributed by atoms with van der Waals surface area (Å²) in [5, 5.41) is 3.57. The predicted molar refractivity (Wildman–Crippen MR) is 81.4 cm³/mol. The van der Waals surface area contributed by atoms with Crippen LogP contribution in [0.3, 0.4) is 0 Å². The molecule has 0 fully saturated rings. The maximum absolute atomic E-state index is 4.59. The summed E-state index contributed by atoms with van der Waals surface area (Å²) in [5.74, 6) is 0. The lowest BCUT2D eigenvalue weighted by atomic mass is 10.0. The first-order chi connectivity index (χ1) is 9.42. The third-order valence-corrected chi connectivity index (χ3v) is 4.13. The van der Waals surface area contributed by atoms with Gasteiger partial charge < -0.3 is 0 Å². The molecule has 0 spiro atoms. The van der Waals surface area contributed by atoms with Gasteiger partial charge in [0.05, 0.1) is 10.4 Å². The van der Waals surface area contributed by atoms with Gasteiger partial charge in [0, 0.05) is 10.9 Å². The molecule has 0 amide bonds. The minimum atomic E-state index is 1.06. The largest absolute Gasteiger partial charge is 0.191 e. The van der Waals surface area contributed by atoms with Crippen LogP contribution in [0.1, 0.15) is 0 Å². The highest BCUT2D eigenvalue weighted by atomic mass is 32.1. The summed E-state index contributed by atoms with van der Waals surface area (Å²) in [6, 6.07) is 24.2. The van der Waals surface area contributed by atoms with Crippen molar-refractivity contribution in [2.24, 2.45) is 0 Å². The van der Waals surface area contributed by atoms with Crippen molar-refractivity contribution in [2.75, 3.05) is 0 Å². The second kappa shape index (κ2) is 4.18. The van der Waals surface area contributed by atoms with E-state index in [-0.39, 0.29) is 0 Å². The van der Waals surface area contributed by atoms with E-state index in [1.807, 2.05) is 12.1 Å². The molecule has 0 unspecified atom stereocenters. The Balaban J connectivity index is 1.99. The lowest BCUT2D eigenvalue weighted by Crippen LogP contribution is -1.79. The summed E-state index contributed by atoms with van der Waals surface area (Å²) >= 11 is 1.55. The van der Waals surface area contributed by atoms with Gasteiger partial charge in [-0.3, -0.25) is 0 Å². The maximum atomic E-state index is 4.59. The first-order valence-electron chi connectivity index (χ1n) is 6.17. The molecule has 19 heavy (non-hydrogen) atoms. The molecule has 1 nitrogen and oxygen atoms in total. The number of fused-ring (bicyclic) bond motifs is 2. The Morgan fingerprint density at radius 3 is 2.79 bits per heavy atom. The Labute approximate surface area is 115 Å². The minimum absolute atomic E-state index is 1.06. The van der Waals surface area contributed by atoms with Gasteiger partial charge >= 0.3 is 0 Å². The van der Waals surface area contributed by atoms with Gasteiger partial charge in [-0.05, 0) is 46.6 Å². The molecular weight excluding hydrogens is 250 g/mol. The molecule has 0 atom stereocenters. The van der Waals surface area contributed by atoms with E-state index in [1.165, 1.54) is 15.5 Å².